The molecule has 1 heterocycles. The van der Waals surface area contributed by atoms with Crippen LogP contribution in [-0.2, 0) is 0 Å². The lowest BCUT2D eigenvalue weighted by atomic mass is 10.0. The van der Waals surface area contributed by atoms with Gasteiger partial charge < -0.3 is 24.8 Å². The first-order valence-electron chi connectivity index (χ1n) is 9.91. The summed E-state index contributed by atoms with van der Waals surface area (Å²) in [5.41, 5.74) is 4.45. The molecule has 0 saturated heterocycles. The standard InChI is InChI=1S/C23H28N4O4/c1-13(2)15-7-9-17(10-8-15)24-23(28)25-20-14(3)26-27-21(20)16-11-18(29-4)22(31-6)19(12-16)30-5/h7-13H,1-6H3,(H,26,27)(H2,24,25,28). The number of urea groups is 1. The summed E-state index contributed by atoms with van der Waals surface area (Å²) < 4.78 is 16.2. The van der Waals surface area contributed by atoms with Crippen molar-refractivity contribution in [1.29, 1.82) is 0 Å². The molecule has 0 aliphatic carbocycles. The lowest BCUT2D eigenvalue weighted by Crippen LogP contribution is -2.20. The van der Waals surface area contributed by atoms with Gasteiger partial charge in [-0.2, -0.15) is 5.10 Å². The first-order chi connectivity index (χ1) is 14.9. The van der Waals surface area contributed by atoms with E-state index in [0.717, 1.165) is 0 Å². The van der Waals surface area contributed by atoms with Gasteiger partial charge >= 0.3 is 6.03 Å². The Morgan fingerprint density at radius 3 is 2.10 bits per heavy atom. The molecule has 0 radical (unpaired) electrons. The smallest absolute Gasteiger partial charge is 0.323 e. The van der Waals surface area contributed by atoms with Crippen molar-refractivity contribution >= 4 is 17.4 Å². The van der Waals surface area contributed by atoms with Gasteiger partial charge in [-0.15, -0.1) is 0 Å². The van der Waals surface area contributed by atoms with Crippen LogP contribution in [0.3, 0.4) is 0 Å². The van der Waals surface area contributed by atoms with E-state index in [1.807, 2.05) is 31.2 Å². The Kier molecular flexibility index (Phi) is 6.69. The lowest BCUT2D eigenvalue weighted by Gasteiger charge is -2.14. The number of aromatic amines is 1. The number of aryl methyl sites for hydroxylation is 1. The van der Waals surface area contributed by atoms with Crippen LogP contribution >= 0.6 is 0 Å². The Morgan fingerprint density at radius 2 is 1.58 bits per heavy atom. The molecule has 164 valence electrons. The number of nitrogens with one attached hydrogen (secondary N) is 3. The fourth-order valence-electron chi connectivity index (χ4n) is 3.24. The van der Waals surface area contributed by atoms with Gasteiger partial charge in [0.2, 0.25) is 5.75 Å². The summed E-state index contributed by atoms with van der Waals surface area (Å²) in [5.74, 6) is 1.91. The SMILES string of the molecule is COc1cc(-c2n[nH]c(C)c2NC(=O)Nc2ccc(C(C)C)cc2)cc(OC)c1OC. The average Bonchev–Trinajstić information content (AvgIpc) is 3.12. The predicted molar refractivity (Wildman–Crippen MR) is 122 cm³/mol. The largest absolute Gasteiger partial charge is 0.493 e. The number of rotatable bonds is 7. The molecule has 3 N–H and O–H groups in total. The lowest BCUT2D eigenvalue weighted by molar-refractivity contribution is 0.262. The van der Waals surface area contributed by atoms with Gasteiger partial charge in [-0.05, 0) is 42.7 Å². The number of anilines is 2. The molecule has 0 unspecified atom stereocenters. The second-order valence-corrected chi connectivity index (χ2v) is 7.34. The summed E-state index contributed by atoms with van der Waals surface area (Å²) in [6.07, 6.45) is 0. The Balaban J connectivity index is 1.87. The molecular weight excluding hydrogens is 396 g/mol. The topological polar surface area (TPSA) is 97.5 Å². The van der Waals surface area contributed by atoms with Crippen molar-refractivity contribution in [3.63, 3.8) is 0 Å². The molecule has 1 aromatic heterocycles. The van der Waals surface area contributed by atoms with Crippen LogP contribution in [0.4, 0.5) is 16.2 Å². The number of carbonyl (C=O) groups excluding carboxylic acids is 1. The van der Waals surface area contributed by atoms with E-state index < -0.39 is 0 Å². The van der Waals surface area contributed by atoms with Crippen molar-refractivity contribution in [3.8, 4) is 28.5 Å². The third kappa shape index (κ3) is 4.74. The van der Waals surface area contributed by atoms with Crippen LogP contribution in [0.1, 0.15) is 31.0 Å². The van der Waals surface area contributed by atoms with Crippen molar-refractivity contribution in [1.82, 2.24) is 10.2 Å². The number of carbonyl (C=O) groups is 1. The number of nitrogens with zero attached hydrogens (tertiary/aromatic N) is 1. The van der Waals surface area contributed by atoms with Crippen LogP contribution in [0, 0.1) is 6.92 Å². The third-order valence-electron chi connectivity index (χ3n) is 4.96. The van der Waals surface area contributed by atoms with Crippen molar-refractivity contribution in [2.24, 2.45) is 0 Å². The maximum atomic E-state index is 12.6. The molecule has 0 atom stereocenters. The minimum atomic E-state index is -0.365. The van der Waals surface area contributed by atoms with Crippen LogP contribution in [0.5, 0.6) is 17.2 Å². The van der Waals surface area contributed by atoms with E-state index in [2.05, 4.69) is 34.7 Å². The minimum absolute atomic E-state index is 0.365. The number of H-pyrrole nitrogens is 1. The zero-order valence-electron chi connectivity index (χ0n) is 18.6. The van der Waals surface area contributed by atoms with E-state index in [1.54, 1.807) is 33.5 Å². The molecule has 8 nitrogen and oxygen atoms in total. The average molecular weight is 425 g/mol. The van der Waals surface area contributed by atoms with E-state index >= 15 is 0 Å². The molecule has 3 rings (SSSR count). The van der Waals surface area contributed by atoms with E-state index in [-0.39, 0.29) is 6.03 Å². The number of aromatic nitrogens is 2. The number of ether oxygens (including phenoxy) is 3. The van der Waals surface area contributed by atoms with Gasteiger partial charge in [0, 0.05) is 11.3 Å². The Bertz CT molecular complexity index is 1030. The number of amides is 2. The Hall–Kier alpha value is -3.68. The number of benzene rings is 2. The zero-order chi connectivity index (χ0) is 22.5. The van der Waals surface area contributed by atoms with E-state index in [9.17, 15) is 4.79 Å². The maximum Gasteiger partial charge on any atom is 0.323 e. The molecule has 31 heavy (non-hydrogen) atoms. The van der Waals surface area contributed by atoms with Crippen molar-refractivity contribution < 1.29 is 19.0 Å². The van der Waals surface area contributed by atoms with Crippen LogP contribution in [-0.4, -0.2) is 37.6 Å². The maximum absolute atomic E-state index is 12.6. The van der Waals surface area contributed by atoms with Crippen LogP contribution in [0.2, 0.25) is 0 Å². The summed E-state index contributed by atoms with van der Waals surface area (Å²) in [6, 6.07) is 11.0. The molecule has 0 saturated carbocycles. The van der Waals surface area contributed by atoms with Crippen molar-refractivity contribution in [2.45, 2.75) is 26.7 Å². The summed E-state index contributed by atoms with van der Waals surface area (Å²) in [6.45, 7) is 6.09. The first-order valence-corrected chi connectivity index (χ1v) is 9.91. The number of methoxy groups -OCH3 is 3. The fourth-order valence-corrected chi connectivity index (χ4v) is 3.24. The zero-order valence-corrected chi connectivity index (χ0v) is 18.6. The molecule has 2 amide bonds. The highest BCUT2D eigenvalue weighted by molar-refractivity contribution is 6.02. The number of hydrogen-bond donors (Lipinski definition) is 3. The highest BCUT2D eigenvalue weighted by Gasteiger charge is 2.20. The van der Waals surface area contributed by atoms with E-state index in [4.69, 9.17) is 14.2 Å². The monoisotopic (exact) mass is 424 g/mol. The second kappa shape index (κ2) is 9.42. The summed E-state index contributed by atoms with van der Waals surface area (Å²) in [7, 11) is 4.64. The summed E-state index contributed by atoms with van der Waals surface area (Å²) in [5, 5.41) is 13.0. The van der Waals surface area contributed by atoms with Gasteiger partial charge in [-0.3, -0.25) is 5.10 Å². The van der Waals surface area contributed by atoms with Crippen molar-refractivity contribution in [2.75, 3.05) is 32.0 Å². The minimum Gasteiger partial charge on any atom is -0.493 e. The molecular formula is C23H28N4O4. The third-order valence-corrected chi connectivity index (χ3v) is 4.96. The first kappa shape index (κ1) is 22.0. The van der Waals surface area contributed by atoms with Gasteiger partial charge in [0.1, 0.15) is 5.69 Å². The highest BCUT2D eigenvalue weighted by atomic mass is 16.5. The molecule has 3 aromatic rings. The fraction of sp³-hybridized carbons (Fsp3) is 0.304. The molecule has 8 heteroatoms. The van der Waals surface area contributed by atoms with Gasteiger partial charge in [0.05, 0.1) is 32.7 Å². The van der Waals surface area contributed by atoms with E-state index in [0.29, 0.717) is 51.5 Å². The molecule has 0 bridgehead atoms. The second-order valence-electron chi connectivity index (χ2n) is 7.34. The quantitative estimate of drug-likeness (QED) is 0.486. The number of hydrogen-bond acceptors (Lipinski definition) is 5. The summed E-state index contributed by atoms with van der Waals surface area (Å²) in [4.78, 5) is 12.6. The Morgan fingerprint density at radius 1 is 0.968 bits per heavy atom. The van der Waals surface area contributed by atoms with Gasteiger partial charge in [-0.1, -0.05) is 26.0 Å². The molecule has 0 fully saturated rings. The highest BCUT2D eigenvalue weighted by Crippen LogP contribution is 2.42. The van der Waals surface area contributed by atoms with Gasteiger partial charge in [-0.25, -0.2) is 4.79 Å². The molecule has 0 spiro atoms. The van der Waals surface area contributed by atoms with Crippen molar-refractivity contribution in [3.05, 3.63) is 47.7 Å². The van der Waals surface area contributed by atoms with E-state index in [1.165, 1.54) is 5.56 Å². The van der Waals surface area contributed by atoms with Crippen LogP contribution < -0.4 is 24.8 Å². The molecule has 0 aliphatic heterocycles. The van der Waals surface area contributed by atoms with Crippen LogP contribution in [0.25, 0.3) is 11.3 Å². The normalized spacial score (nSPS) is 10.7. The predicted octanol–water partition coefficient (Wildman–Crippen LogP) is 5.18. The van der Waals surface area contributed by atoms with Gasteiger partial charge in [0.25, 0.3) is 0 Å². The van der Waals surface area contributed by atoms with Crippen LogP contribution in [0.15, 0.2) is 36.4 Å². The van der Waals surface area contributed by atoms with Gasteiger partial charge in [0.15, 0.2) is 11.5 Å². The summed E-state index contributed by atoms with van der Waals surface area (Å²) >= 11 is 0. The molecule has 0 aliphatic rings. The molecule has 2 aromatic carbocycles. The Labute approximate surface area is 181 Å².